The summed E-state index contributed by atoms with van der Waals surface area (Å²) < 4.78 is 5.54. The van der Waals surface area contributed by atoms with Crippen molar-refractivity contribution < 1.29 is 14.6 Å². The van der Waals surface area contributed by atoms with Gasteiger partial charge in [-0.3, -0.25) is 4.79 Å². The minimum absolute atomic E-state index is 0.00343. The molecule has 0 spiro atoms. The van der Waals surface area contributed by atoms with E-state index in [1.165, 1.54) is 6.42 Å². The van der Waals surface area contributed by atoms with Gasteiger partial charge in [0.05, 0.1) is 11.7 Å². The zero-order valence-corrected chi connectivity index (χ0v) is 10.3. The number of carbonyl (C=O) groups is 1. The van der Waals surface area contributed by atoms with Crippen molar-refractivity contribution in [3.8, 4) is 0 Å². The molecule has 1 unspecified atom stereocenters. The largest absolute Gasteiger partial charge is 0.389 e. The molecule has 1 aliphatic heterocycles. The molecule has 4 heteroatoms. The first-order valence-corrected chi connectivity index (χ1v) is 6.08. The molecule has 0 saturated carbocycles. The van der Waals surface area contributed by atoms with Gasteiger partial charge in [-0.25, -0.2) is 0 Å². The summed E-state index contributed by atoms with van der Waals surface area (Å²) in [7, 11) is 0. The third-order valence-corrected chi connectivity index (χ3v) is 2.69. The quantitative estimate of drug-likeness (QED) is 0.745. The summed E-state index contributed by atoms with van der Waals surface area (Å²) in [6.45, 7) is 4.49. The minimum atomic E-state index is -0.836. The zero-order valence-electron chi connectivity index (χ0n) is 10.3. The minimum Gasteiger partial charge on any atom is -0.389 e. The van der Waals surface area contributed by atoms with Crippen LogP contribution in [0.4, 0.5) is 0 Å². The molecule has 1 atom stereocenters. The van der Waals surface area contributed by atoms with E-state index in [-0.39, 0.29) is 12.0 Å². The molecule has 1 aliphatic rings. The number of hydrogen-bond donors (Lipinski definition) is 2. The van der Waals surface area contributed by atoms with Crippen LogP contribution in [0.2, 0.25) is 0 Å². The van der Waals surface area contributed by atoms with Crippen LogP contribution in [0.3, 0.4) is 0 Å². The molecule has 0 radical (unpaired) electrons. The lowest BCUT2D eigenvalue weighted by molar-refractivity contribution is -0.123. The predicted octanol–water partition coefficient (Wildman–Crippen LogP) is 1.22. The Morgan fingerprint density at radius 1 is 1.50 bits per heavy atom. The van der Waals surface area contributed by atoms with Crippen molar-refractivity contribution in [2.45, 2.75) is 57.7 Å². The van der Waals surface area contributed by atoms with E-state index >= 15 is 0 Å². The van der Waals surface area contributed by atoms with Gasteiger partial charge in [0.25, 0.3) is 0 Å². The molecule has 0 aliphatic carbocycles. The van der Waals surface area contributed by atoms with E-state index in [9.17, 15) is 9.90 Å². The Labute approximate surface area is 97.4 Å². The Hall–Kier alpha value is -0.610. The molecule has 16 heavy (non-hydrogen) atoms. The number of ether oxygens (including phenoxy) is 1. The van der Waals surface area contributed by atoms with Crippen LogP contribution in [0.1, 0.15) is 46.0 Å². The van der Waals surface area contributed by atoms with E-state index in [1.807, 2.05) is 0 Å². The molecule has 4 nitrogen and oxygen atoms in total. The summed E-state index contributed by atoms with van der Waals surface area (Å²) >= 11 is 0. The van der Waals surface area contributed by atoms with Gasteiger partial charge in [0.1, 0.15) is 0 Å². The van der Waals surface area contributed by atoms with Crippen LogP contribution in [0.15, 0.2) is 0 Å². The first-order valence-electron chi connectivity index (χ1n) is 6.08. The lowest BCUT2D eigenvalue weighted by Crippen LogP contribution is -2.38. The number of hydrogen-bond acceptors (Lipinski definition) is 3. The number of carbonyl (C=O) groups excluding carboxylic acids is 1. The van der Waals surface area contributed by atoms with Crippen molar-refractivity contribution in [3.63, 3.8) is 0 Å². The number of nitrogens with one attached hydrogen (secondary N) is 1. The Balaban J connectivity index is 2.09. The molecule has 94 valence electrons. The maximum absolute atomic E-state index is 11.5. The summed E-state index contributed by atoms with van der Waals surface area (Å²) in [6, 6.07) is 0. The van der Waals surface area contributed by atoms with Crippen LogP contribution in [0.25, 0.3) is 0 Å². The predicted molar refractivity (Wildman–Crippen MR) is 62.1 cm³/mol. The second-order valence-corrected chi connectivity index (χ2v) is 5.12. The molecule has 0 aromatic carbocycles. The number of amides is 1. The maximum atomic E-state index is 11.5. The Kier molecular flexibility index (Phi) is 5.22. The highest BCUT2D eigenvalue weighted by molar-refractivity contribution is 5.75. The van der Waals surface area contributed by atoms with Crippen molar-refractivity contribution in [3.05, 3.63) is 0 Å². The van der Waals surface area contributed by atoms with E-state index in [4.69, 9.17) is 4.74 Å². The fraction of sp³-hybridized carbons (Fsp3) is 0.917. The molecular weight excluding hydrogens is 206 g/mol. The molecule has 0 bridgehead atoms. The van der Waals surface area contributed by atoms with Crippen LogP contribution in [0, 0.1) is 0 Å². The fourth-order valence-corrected chi connectivity index (χ4v) is 1.73. The van der Waals surface area contributed by atoms with Gasteiger partial charge in [0.2, 0.25) is 5.91 Å². The number of aliphatic hydroxyl groups is 1. The van der Waals surface area contributed by atoms with E-state index < -0.39 is 5.60 Å². The van der Waals surface area contributed by atoms with Crippen molar-refractivity contribution in [2.24, 2.45) is 0 Å². The average molecular weight is 229 g/mol. The normalized spacial score (nSPS) is 21.8. The molecule has 0 aromatic heterocycles. The third kappa shape index (κ3) is 6.08. The second kappa shape index (κ2) is 6.21. The van der Waals surface area contributed by atoms with Gasteiger partial charge in [0, 0.05) is 19.6 Å². The first kappa shape index (κ1) is 13.5. The molecule has 1 heterocycles. The lowest BCUT2D eigenvalue weighted by Gasteiger charge is -2.22. The van der Waals surface area contributed by atoms with E-state index in [2.05, 4.69) is 5.32 Å². The molecule has 1 saturated heterocycles. The summed E-state index contributed by atoms with van der Waals surface area (Å²) in [5, 5.41) is 12.2. The van der Waals surface area contributed by atoms with Crippen molar-refractivity contribution in [1.82, 2.24) is 5.32 Å². The molecular formula is C12H23NO3. The number of rotatable bonds is 5. The summed E-state index contributed by atoms with van der Waals surface area (Å²) in [6.07, 6.45) is 4.94. The van der Waals surface area contributed by atoms with E-state index in [0.717, 1.165) is 25.9 Å². The van der Waals surface area contributed by atoms with Crippen LogP contribution in [0.5, 0.6) is 0 Å². The lowest BCUT2D eigenvalue weighted by atomic mass is 10.0. The van der Waals surface area contributed by atoms with Gasteiger partial charge < -0.3 is 15.2 Å². The van der Waals surface area contributed by atoms with E-state index in [0.29, 0.717) is 13.0 Å². The van der Waals surface area contributed by atoms with Crippen molar-refractivity contribution >= 4 is 5.91 Å². The first-order chi connectivity index (χ1) is 7.47. The van der Waals surface area contributed by atoms with Gasteiger partial charge >= 0.3 is 0 Å². The highest BCUT2D eigenvalue weighted by atomic mass is 16.5. The maximum Gasteiger partial charge on any atom is 0.220 e. The second-order valence-electron chi connectivity index (χ2n) is 5.12. The molecule has 0 aromatic rings. The average Bonchev–Trinajstić information content (AvgIpc) is 2.24. The Bertz CT molecular complexity index is 217. The monoisotopic (exact) mass is 229 g/mol. The van der Waals surface area contributed by atoms with Gasteiger partial charge in [-0.15, -0.1) is 0 Å². The molecule has 1 rings (SSSR count). The van der Waals surface area contributed by atoms with Crippen LogP contribution in [-0.2, 0) is 9.53 Å². The molecule has 1 amide bonds. The smallest absolute Gasteiger partial charge is 0.220 e. The highest BCUT2D eigenvalue weighted by Gasteiger charge is 2.17. The molecule has 1 fully saturated rings. The SMILES string of the molecule is CC(C)(O)CNC(=O)CCC1CCCCO1. The van der Waals surface area contributed by atoms with Crippen molar-refractivity contribution in [1.29, 1.82) is 0 Å². The third-order valence-electron chi connectivity index (χ3n) is 2.69. The summed E-state index contributed by atoms with van der Waals surface area (Å²) in [4.78, 5) is 11.5. The zero-order chi connectivity index (χ0) is 12.0. The standard InChI is InChI=1S/C12H23NO3/c1-12(2,15)9-13-11(14)7-6-10-5-3-4-8-16-10/h10,15H,3-9H2,1-2H3,(H,13,14). The van der Waals surface area contributed by atoms with Crippen LogP contribution >= 0.6 is 0 Å². The van der Waals surface area contributed by atoms with Gasteiger partial charge in [-0.05, 0) is 39.5 Å². The highest BCUT2D eigenvalue weighted by Crippen LogP contribution is 2.16. The Morgan fingerprint density at radius 3 is 2.81 bits per heavy atom. The summed E-state index contributed by atoms with van der Waals surface area (Å²) in [5.41, 5.74) is -0.836. The van der Waals surface area contributed by atoms with Crippen LogP contribution in [-0.4, -0.2) is 35.9 Å². The van der Waals surface area contributed by atoms with Crippen LogP contribution < -0.4 is 5.32 Å². The van der Waals surface area contributed by atoms with Gasteiger partial charge in [-0.2, -0.15) is 0 Å². The van der Waals surface area contributed by atoms with E-state index in [1.54, 1.807) is 13.8 Å². The summed E-state index contributed by atoms with van der Waals surface area (Å²) in [5.74, 6) is -0.00343. The fourth-order valence-electron chi connectivity index (χ4n) is 1.73. The van der Waals surface area contributed by atoms with Crippen molar-refractivity contribution in [2.75, 3.05) is 13.2 Å². The Morgan fingerprint density at radius 2 is 2.25 bits per heavy atom. The van der Waals surface area contributed by atoms with Gasteiger partial charge in [-0.1, -0.05) is 0 Å². The topological polar surface area (TPSA) is 58.6 Å². The van der Waals surface area contributed by atoms with Gasteiger partial charge in [0.15, 0.2) is 0 Å². The molecule has 2 N–H and O–H groups in total.